The van der Waals surface area contributed by atoms with Gasteiger partial charge in [0.2, 0.25) is 11.6 Å². The highest BCUT2D eigenvalue weighted by molar-refractivity contribution is 6.64. The van der Waals surface area contributed by atoms with E-state index >= 15 is 0 Å². The minimum Gasteiger partial charge on any atom is -0.285 e. The summed E-state index contributed by atoms with van der Waals surface area (Å²) in [6.45, 7) is 3.77. The van der Waals surface area contributed by atoms with Crippen LogP contribution in [0, 0.1) is 10.1 Å². The Morgan fingerprint density at radius 1 is 1.00 bits per heavy atom. The van der Waals surface area contributed by atoms with Gasteiger partial charge in [-0.05, 0) is 23.1 Å². The number of fused-ring (bicyclic) bond motifs is 1. The molecule has 5 nitrogen and oxygen atoms in total. The number of Topliss-reactive ketones (excluding diaryl/α,β-unsaturated/α-hetero) is 2. The molecular formula is C19H15NO4. The standard InChI is InChI=1S/C19H15NO4/c1-11(2)13-8-7-12(10-17(13)20(23)24)9-16-14-5-3-4-6-15(14)18(21)19(16)22/h3-11H,1-2H3. The number of nitro benzene ring substituents is 1. The summed E-state index contributed by atoms with van der Waals surface area (Å²) in [7, 11) is 0. The van der Waals surface area contributed by atoms with Crippen LogP contribution in [0.5, 0.6) is 0 Å². The maximum absolute atomic E-state index is 12.2. The lowest BCUT2D eigenvalue weighted by molar-refractivity contribution is -0.385. The third-order valence-electron chi connectivity index (χ3n) is 4.10. The van der Waals surface area contributed by atoms with Crippen LogP contribution in [0.1, 0.15) is 46.8 Å². The molecule has 2 aromatic rings. The molecule has 1 aliphatic rings. The fourth-order valence-corrected chi connectivity index (χ4v) is 2.89. The van der Waals surface area contributed by atoms with Crippen LogP contribution in [0.2, 0.25) is 0 Å². The van der Waals surface area contributed by atoms with E-state index in [2.05, 4.69) is 0 Å². The molecule has 0 spiro atoms. The van der Waals surface area contributed by atoms with E-state index in [1.807, 2.05) is 13.8 Å². The van der Waals surface area contributed by atoms with Gasteiger partial charge in [-0.3, -0.25) is 19.7 Å². The van der Waals surface area contributed by atoms with Crippen LogP contribution in [-0.2, 0) is 4.79 Å². The van der Waals surface area contributed by atoms with Crippen molar-refractivity contribution < 1.29 is 14.5 Å². The van der Waals surface area contributed by atoms with Gasteiger partial charge < -0.3 is 0 Å². The van der Waals surface area contributed by atoms with Crippen molar-refractivity contribution >= 4 is 28.9 Å². The third-order valence-corrected chi connectivity index (χ3v) is 4.10. The van der Waals surface area contributed by atoms with Gasteiger partial charge in [-0.1, -0.05) is 50.2 Å². The summed E-state index contributed by atoms with van der Waals surface area (Å²) in [6, 6.07) is 11.6. The quantitative estimate of drug-likeness (QED) is 0.370. The number of allylic oxidation sites excluding steroid dienone is 1. The molecule has 0 N–H and O–H groups in total. The molecule has 0 atom stereocenters. The largest absolute Gasteiger partial charge is 0.285 e. The van der Waals surface area contributed by atoms with E-state index in [1.54, 1.807) is 42.5 Å². The Hall–Kier alpha value is -3.08. The van der Waals surface area contributed by atoms with E-state index in [4.69, 9.17) is 0 Å². The average Bonchev–Trinajstić information content (AvgIpc) is 2.80. The van der Waals surface area contributed by atoms with Crippen LogP contribution < -0.4 is 0 Å². The van der Waals surface area contributed by atoms with Crippen LogP contribution in [-0.4, -0.2) is 16.5 Å². The number of ketones is 2. The Morgan fingerprint density at radius 3 is 2.29 bits per heavy atom. The zero-order valence-corrected chi connectivity index (χ0v) is 13.3. The van der Waals surface area contributed by atoms with Gasteiger partial charge in [-0.2, -0.15) is 0 Å². The fourth-order valence-electron chi connectivity index (χ4n) is 2.89. The molecule has 120 valence electrons. The number of rotatable bonds is 3. The number of hydrogen-bond acceptors (Lipinski definition) is 4. The van der Waals surface area contributed by atoms with Crippen molar-refractivity contribution in [2.45, 2.75) is 19.8 Å². The molecule has 0 unspecified atom stereocenters. The van der Waals surface area contributed by atoms with Gasteiger partial charge in [-0.15, -0.1) is 0 Å². The highest BCUT2D eigenvalue weighted by atomic mass is 16.6. The first-order valence-electron chi connectivity index (χ1n) is 7.58. The van der Waals surface area contributed by atoms with Crippen LogP contribution in [0.15, 0.2) is 42.5 Å². The van der Waals surface area contributed by atoms with Gasteiger partial charge in [0, 0.05) is 22.8 Å². The first kappa shape index (κ1) is 15.8. The number of carbonyl (C=O) groups excluding carboxylic acids is 2. The SMILES string of the molecule is CC(C)c1ccc(C=C2C(=O)C(=O)c3ccccc32)cc1[N+](=O)[O-]. The van der Waals surface area contributed by atoms with E-state index in [9.17, 15) is 19.7 Å². The Bertz CT molecular complexity index is 909. The van der Waals surface area contributed by atoms with Crippen LogP contribution in [0.4, 0.5) is 5.69 Å². The molecule has 0 saturated carbocycles. The summed E-state index contributed by atoms with van der Waals surface area (Å²) in [5.41, 5.74) is 2.41. The maximum atomic E-state index is 12.2. The zero-order valence-electron chi connectivity index (χ0n) is 13.3. The summed E-state index contributed by atoms with van der Waals surface area (Å²) in [4.78, 5) is 35.1. The zero-order chi connectivity index (χ0) is 17.4. The molecule has 0 heterocycles. The van der Waals surface area contributed by atoms with E-state index in [1.165, 1.54) is 6.07 Å². The predicted octanol–water partition coefficient (Wildman–Crippen LogP) is 4.02. The third kappa shape index (κ3) is 2.54. The predicted molar refractivity (Wildman–Crippen MR) is 90.8 cm³/mol. The molecular weight excluding hydrogens is 306 g/mol. The van der Waals surface area contributed by atoms with Crippen molar-refractivity contribution in [2.24, 2.45) is 0 Å². The number of hydrogen-bond donors (Lipinski definition) is 0. The normalized spacial score (nSPS) is 15.2. The Labute approximate surface area is 138 Å². The molecule has 2 aromatic carbocycles. The summed E-state index contributed by atoms with van der Waals surface area (Å²) in [5.74, 6) is -1.10. The van der Waals surface area contributed by atoms with Crippen LogP contribution >= 0.6 is 0 Å². The van der Waals surface area contributed by atoms with Crippen LogP contribution in [0.25, 0.3) is 11.6 Å². The van der Waals surface area contributed by atoms with Gasteiger partial charge in [0.25, 0.3) is 5.69 Å². The number of carbonyl (C=O) groups is 2. The second-order valence-corrected chi connectivity index (χ2v) is 5.99. The second kappa shape index (κ2) is 5.85. The van der Waals surface area contributed by atoms with Gasteiger partial charge in [-0.25, -0.2) is 0 Å². The van der Waals surface area contributed by atoms with Crippen molar-refractivity contribution in [1.82, 2.24) is 0 Å². The lowest BCUT2D eigenvalue weighted by atomic mass is 9.97. The summed E-state index contributed by atoms with van der Waals surface area (Å²) >= 11 is 0. The number of benzene rings is 2. The highest BCUT2D eigenvalue weighted by Gasteiger charge is 2.32. The minimum atomic E-state index is -0.577. The summed E-state index contributed by atoms with van der Waals surface area (Å²) < 4.78 is 0. The smallest absolute Gasteiger partial charge is 0.273 e. The minimum absolute atomic E-state index is 0.0162. The molecule has 0 aromatic heterocycles. The van der Waals surface area contributed by atoms with Crippen molar-refractivity contribution in [3.63, 3.8) is 0 Å². The monoisotopic (exact) mass is 321 g/mol. The lowest BCUT2D eigenvalue weighted by Crippen LogP contribution is -2.05. The molecule has 1 aliphatic carbocycles. The van der Waals surface area contributed by atoms with Crippen molar-refractivity contribution in [3.8, 4) is 0 Å². The molecule has 5 heteroatoms. The van der Waals surface area contributed by atoms with Gasteiger partial charge >= 0.3 is 0 Å². The first-order chi connectivity index (χ1) is 11.4. The Balaban J connectivity index is 2.13. The van der Waals surface area contributed by atoms with E-state index in [0.717, 1.165) is 0 Å². The van der Waals surface area contributed by atoms with Gasteiger partial charge in [0.05, 0.1) is 4.92 Å². The molecule has 0 fully saturated rings. The topological polar surface area (TPSA) is 77.3 Å². The molecule has 0 amide bonds. The second-order valence-electron chi connectivity index (χ2n) is 5.99. The number of nitro groups is 1. The Morgan fingerprint density at radius 2 is 1.67 bits per heavy atom. The molecule has 24 heavy (non-hydrogen) atoms. The lowest BCUT2D eigenvalue weighted by Gasteiger charge is -2.07. The Kier molecular flexibility index (Phi) is 3.85. The highest BCUT2D eigenvalue weighted by Crippen LogP contribution is 2.33. The van der Waals surface area contributed by atoms with Crippen molar-refractivity contribution in [2.75, 3.05) is 0 Å². The van der Waals surface area contributed by atoms with E-state index < -0.39 is 16.5 Å². The van der Waals surface area contributed by atoms with Gasteiger partial charge in [0.1, 0.15) is 0 Å². The first-order valence-corrected chi connectivity index (χ1v) is 7.58. The molecule has 0 radical (unpaired) electrons. The fraction of sp³-hybridized carbons (Fsp3) is 0.158. The molecule has 0 aliphatic heterocycles. The van der Waals surface area contributed by atoms with E-state index in [0.29, 0.717) is 22.3 Å². The molecule has 3 rings (SSSR count). The van der Waals surface area contributed by atoms with Crippen LogP contribution in [0.3, 0.4) is 0 Å². The summed E-state index contributed by atoms with van der Waals surface area (Å²) in [6.07, 6.45) is 1.54. The van der Waals surface area contributed by atoms with Crippen molar-refractivity contribution in [1.29, 1.82) is 0 Å². The number of nitrogens with zero attached hydrogens (tertiary/aromatic N) is 1. The van der Waals surface area contributed by atoms with Gasteiger partial charge in [0.15, 0.2) is 0 Å². The maximum Gasteiger partial charge on any atom is 0.273 e. The van der Waals surface area contributed by atoms with E-state index in [-0.39, 0.29) is 17.2 Å². The average molecular weight is 321 g/mol. The summed E-state index contributed by atoms with van der Waals surface area (Å²) in [5, 5.41) is 11.3. The van der Waals surface area contributed by atoms with Crippen molar-refractivity contribution in [3.05, 3.63) is 74.8 Å². The molecule has 0 bridgehead atoms. The molecule has 0 saturated heterocycles.